The van der Waals surface area contributed by atoms with Crippen molar-refractivity contribution in [1.82, 2.24) is 0 Å². The highest BCUT2D eigenvalue weighted by Crippen LogP contribution is 2.33. The number of carbonyl (C=O) groups is 1. The fourth-order valence-electron chi connectivity index (χ4n) is 3.08. The lowest BCUT2D eigenvalue weighted by Crippen LogP contribution is -2.24. The summed E-state index contributed by atoms with van der Waals surface area (Å²) < 4.78 is 0. The van der Waals surface area contributed by atoms with Crippen molar-refractivity contribution in [2.75, 3.05) is 0 Å². The van der Waals surface area contributed by atoms with Crippen molar-refractivity contribution in [2.45, 2.75) is 65.7 Å². The van der Waals surface area contributed by atoms with Crippen LogP contribution in [0, 0.1) is 16.7 Å². The van der Waals surface area contributed by atoms with Crippen molar-refractivity contribution in [3.8, 4) is 0 Å². The number of allylic oxidation sites excluding steroid dienone is 1. The Balaban J connectivity index is 2.48. The van der Waals surface area contributed by atoms with Crippen LogP contribution in [0.4, 0.5) is 0 Å². The zero-order valence-electron chi connectivity index (χ0n) is 16.5. The highest BCUT2D eigenvalue weighted by molar-refractivity contribution is 5.80. The van der Waals surface area contributed by atoms with E-state index in [1.807, 2.05) is 24.3 Å². The fourth-order valence-corrected chi connectivity index (χ4v) is 3.08. The molecule has 4 heteroatoms. The molecule has 0 heterocycles. The van der Waals surface area contributed by atoms with Gasteiger partial charge in [0.05, 0.1) is 11.6 Å². The van der Waals surface area contributed by atoms with Crippen LogP contribution in [0.5, 0.6) is 0 Å². The number of ketones is 1. The summed E-state index contributed by atoms with van der Waals surface area (Å²) in [6, 6.07) is 8.08. The molecule has 1 rings (SSSR count). The number of nitrogens with two attached hydrogens (primary N) is 1. The summed E-state index contributed by atoms with van der Waals surface area (Å²) in [5.41, 5.74) is 7.43. The van der Waals surface area contributed by atoms with Gasteiger partial charge in [0.25, 0.3) is 0 Å². The van der Waals surface area contributed by atoms with Crippen LogP contribution in [0.1, 0.15) is 64.0 Å². The third-order valence-corrected chi connectivity index (χ3v) is 4.71. The maximum Gasteiger partial charge on any atom is 0.137 e. The monoisotopic (exact) mass is 358 g/mol. The molecule has 144 valence electrons. The van der Waals surface area contributed by atoms with Crippen LogP contribution in [-0.4, -0.2) is 16.7 Å². The van der Waals surface area contributed by atoms with Gasteiger partial charge in [-0.1, -0.05) is 58.0 Å². The first-order chi connectivity index (χ1) is 12.1. The van der Waals surface area contributed by atoms with Crippen LogP contribution in [0.15, 0.2) is 36.6 Å². The number of benzene rings is 1. The number of Topliss-reactive ketones (excluding diaryl/α,β-unsaturated/α-hetero) is 1. The van der Waals surface area contributed by atoms with Gasteiger partial charge < -0.3 is 10.8 Å². The lowest BCUT2D eigenvalue weighted by molar-refractivity contribution is -0.118. The molecule has 1 aromatic carbocycles. The lowest BCUT2D eigenvalue weighted by Gasteiger charge is -2.30. The second-order valence-electron chi connectivity index (χ2n) is 8.23. The Kier molecular flexibility index (Phi) is 8.56. The first-order valence-electron chi connectivity index (χ1n) is 9.39. The minimum atomic E-state index is -0.0527. The van der Waals surface area contributed by atoms with Crippen molar-refractivity contribution in [1.29, 1.82) is 5.41 Å². The Hall–Kier alpha value is -2.10. The molecule has 0 fully saturated rings. The zero-order chi connectivity index (χ0) is 19.7. The van der Waals surface area contributed by atoms with Crippen molar-refractivity contribution in [2.24, 2.45) is 17.1 Å². The molecule has 1 unspecified atom stereocenters. The molecular weight excluding hydrogens is 324 g/mol. The van der Waals surface area contributed by atoms with E-state index in [2.05, 4.69) is 27.4 Å². The molecule has 0 saturated heterocycles. The lowest BCUT2D eigenvalue weighted by atomic mass is 9.76. The third-order valence-electron chi connectivity index (χ3n) is 4.71. The molecule has 0 spiro atoms. The van der Waals surface area contributed by atoms with Crippen molar-refractivity contribution < 1.29 is 9.90 Å². The van der Waals surface area contributed by atoms with Gasteiger partial charge in [-0.15, -0.1) is 0 Å². The van der Waals surface area contributed by atoms with Crippen LogP contribution < -0.4 is 5.73 Å². The van der Waals surface area contributed by atoms with Gasteiger partial charge in [0.1, 0.15) is 5.78 Å². The van der Waals surface area contributed by atoms with Gasteiger partial charge in [-0.3, -0.25) is 10.2 Å². The SMILES string of the molecule is C=C(O)C(Cc1ccc(CC(=O)CCCCCC(=N)N)cc1)C(C)(C)C. The van der Waals surface area contributed by atoms with E-state index < -0.39 is 0 Å². The second kappa shape index (κ2) is 10.1. The molecule has 0 amide bonds. The van der Waals surface area contributed by atoms with Crippen LogP contribution in [0.3, 0.4) is 0 Å². The average Bonchev–Trinajstić information content (AvgIpc) is 2.52. The quantitative estimate of drug-likeness (QED) is 0.226. The molecule has 0 radical (unpaired) electrons. The topological polar surface area (TPSA) is 87.2 Å². The fraction of sp³-hybridized carbons (Fsp3) is 0.545. The van der Waals surface area contributed by atoms with Crippen LogP contribution in [-0.2, 0) is 17.6 Å². The van der Waals surface area contributed by atoms with Crippen LogP contribution >= 0.6 is 0 Å². The number of nitrogens with one attached hydrogen (secondary N) is 1. The maximum absolute atomic E-state index is 12.1. The molecule has 26 heavy (non-hydrogen) atoms. The Bertz CT molecular complexity index is 612. The second-order valence-corrected chi connectivity index (χ2v) is 8.23. The summed E-state index contributed by atoms with van der Waals surface area (Å²) in [5.74, 6) is 0.693. The van der Waals surface area contributed by atoms with E-state index in [4.69, 9.17) is 11.1 Å². The normalized spacial score (nSPS) is 12.6. The van der Waals surface area contributed by atoms with Gasteiger partial charge in [-0.2, -0.15) is 0 Å². The van der Waals surface area contributed by atoms with E-state index in [-0.39, 0.29) is 28.7 Å². The zero-order valence-corrected chi connectivity index (χ0v) is 16.5. The van der Waals surface area contributed by atoms with E-state index in [9.17, 15) is 9.90 Å². The molecule has 0 bridgehead atoms. The summed E-state index contributed by atoms with van der Waals surface area (Å²) >= 11 is 0. The van der Waals surface area contributed by atoms with E-state index in [1.165, 1.54) is 0 Å². The number of aliphatic hydroxyl groups excluding tert-OH is 1. The molecule has 0 aromatic heterocycles. The molecule has 0 aliphatic rings. The summed E-state index contributed by atoms with van der Waals surface area (Å²) in [6.45, 7) is 10.0. The molecule has 0 aliphatic heterocycles. The number of hydrogen-bond donors (Lipinski definition) is 3. The minimum absolute atomic E-state index is 0.00462. The standard InChI is InChI=1S/C22H34N2O2/c1-16(25)20(22(2,3)4)15-18-12-10-17(11-13-18)14-19(26)8-6-5-7-9-21(23)24/h10-13,20,25H,1,5-9,14-15H2,2-4H3,(H3,23,24). The minimum Gasteiger partial charge on any atom is -0.513 e. The van der Waals surface area contributed by atoms with Crippen molar-refractivity contribution in [3.63, 3.8) is 0 Å². The van der Waals surface area contributed by atoms with Gasteiger partial charge in [0, 0.05) is 25.2 Å². The van der Waals surface area contributed by atoms with E-state index in [0.29, 0.717) is 19.3 Å². The number of hydrogen-bond acceptors (Lipinski definition) is 3. The maximum atomic E-state index is 12.1. The van der Waals surface area contributed by atoms with E-state index in [0.717, 1.165) is 36.8 Å². The molecule has 0 aliphatic carbocycles. The first kappa shape index (κ1) is 21.9. The van der Waals surface area contributed by atoms with Gasteiger partial charge >= 0.3 is 0 Å². The predicted molar refractivity (Wildman–Crippen MR) is 109 cm³/mol. The molecule has 1 aromatic rings. The Labute approximate surface area is 158 Å². The average molecular weight is 359 g/mol. The molecule has 1 atom stereocenters. The molecule has 4 nitrogen and oxygen atoms in total. The highest BCUT2D eigenvalue weighted by atomic mass is 16.3. The summed E-state index contributed by atoms with van der Waals surface area (Å²) in [5, 5.41) is 17.0. The summed E-state index contributed by atoms with van der Waals surface area (Å²) in [6.07, 6.45) is 5.06. The summed E-state index contributed by atoms with van der Waals surface area (Å²) in [7, 11) is 0. The van der Waals surface area contributed by atoms with Crippen molar-refractivity contribution >= 4 is 11.6 Å². The number of aliphatic hydroxyl groups is 1. The Morgan fingerprint density at radius 3 is 2.15 bits per heavy atom. The highest BCUT2D eigenvalue weighted by Gasteiger charge is 2.27. The number of carbonyl (C=O) groups excluding carboxylic acids is 1. The van der Waals surface area contributed by atoms with Gasteiger partial charge in [-0.05, 0) is 35.8 Å². The van der Waals surface area contributed by atoms with E-state index >= 15 is 0 Å². The number of unbranched alkanes of at least 4 members (excludes halogenated alkanes) is 2. The largest absolute Gasteiger partial charge is 0.513 e. The van der Waals surface area contributed by atoms with Crippen LogP contribution in [0.2, 0.25) is 0 Å². The van der Waals surface area contributed by atoms with Crippen molar-refractivity contribution in [3.05, 3.63) is 47.7 Å². The summed E-state index contributed by atoms with van der Waals surface area (Å²) in [4.78, 5) is 12.1. The molecular formula is C22H34N2O2. The van der Waals surface area contributed by atoms with Gasteiger partial charge in [0.15, 0.2) is 0 Å². The smallest absolute Gasteiger partial charge is 0.137 e. The number of amidine groups is 1. The van der Waals surface area contributed by atoms with E-state index in [1.54, 1.807) is 0 Å². The molecule has 0 saturated carbocycles. The predicted octanol–water partition coefficient (Wildman–Crippen LogP) is 4.96. The van der Waals surface area contributed by atoms with Gasteiger partial charge in [0.2, 0.25) is 0 Å². The van der Waals surface area contributed by atoms with Gasteiger partial charge in [-0.25, -0.2) is 0 Å². The Morgan fingerprint density at radius 1 is 1.12 bits per heavy atom. The Morgan fingerprint density at radius 2 is 1.65 bits per heavy atom. The van der Waals surface area contributed by atoms with Crippen LogP contribution in [0.25, 0.3) is 0 Å². The third kappa shape index (κ3) is 8.32. The first-order valence-corrected chi connectivity index (χ1v) is 9.39. The molecule has 4 N–H and O–H groups in total. The number of rotatable bonds is 11.